The second-order valence-corrected chi connectivity index (χ2v) is 12.8. The molecule has 0 bridgehead atoms. The summed E-state index contributed by atoms with van der Waals surface area (Å²) in [5.41, 5.74) is -1.81. The van der Waals surface area contributed by atoms with Gasteiger partial charge in [0.25, 0.3) is 0 Å². The summed E-state index contributed by atoms with van der Waals surface area (Å²) in [5, 5.41) is 47.0. The van der Waals surface area contributed by atoms with E-state index >= 15 is 0 Å². The van der Waals surface area contributed by atoms with Crippen LogP contribution < -0.4 is 0 Å². The predicted octanol–water partition coefficient (Wildman–Crippen LogP) is 2.04. The SMILES string of the molecule is CC(=O)C1=C(O)[C@@H](N(C)C)[C@@H]2C[C@@H]3Cc4cc5ccc(CN6CCN(C(C)=O)CC6)cc5c(O)c4C(=O)C3=C(O)[C@]2(O)C1=O. The molecule has 1 fully saturated rings. The van der Waals surface area contributed by atoms with Crippen molar-refractivity contribution < 1.29 is 39.6 Å². The van der Waals surface area contributed by atoms with Crippen LogP contribution in [0.2, 0.25) is 0 Å². The van der Waals surface area contributed by atoms with Gasteiger partial charge in [-0.05, 0) is 62.4 Å². The Morgan fingerprint density at radius 2 is 1.70 bits per heavy atom. The van der Waals surface area contributed by atoms with E-state index in [1.807, 2.05) is 29.2 Å². The first-order valence-corrected chi connectivity index (χ1v) is 14.9. The summed E-state index contributed by atoms with van der Waals surface area (Å²) in [6.45, 7) is 5.98. The zero-order valence-corrected chi connectivity index (χ0v) is 25.3. The average Bonchev–Trinajstić information content (AvgIpc) is 2.95. The molecule has 6 rings (SSSR count). The van der Waals surface area contributed by atoms with Crippen LogP contribution in [-0.2, 0) is 27.3 Å². The predicted molar refractivity (Wildman–Crippen MR) is 160 cm³/mol. The maximum Gasteiger partial charge on any atom is 0.219 e. The monoisotopic (exact) mass is 603 g/mol. The standard InChI is InChI=1S/C33H37N3O8/c1-16(37)24-30(41)27(34(3)4)23-14-21-13-20-12-19-6-5-18(15-35-7-9-36(10-8-35)17(2)38)11-22(19)28(39)25(20)29(40)26(21)32(43)33(23,44)31(24)42/h5-6,11-12,21,23,27,39,41,43-44H,7-10,13-15H2,1-4H3/t21-,23-,27-,33+/m0/s1. The minimum Gasteiger partial charge on any atom is -0.510 e. The summed E-state index contributed by atoms with van der Waals surface area (Å²) in [6, 6.07) is 6.61. The van der Waals surface area contributed by atoms with Gasteiger partial charge in [-0.25, -0.2) is 0 Å². The lowest BCUT2D eigenvalue weighted by Gasteiger charge is -2.50. The summed E-state index contributed by atoms with van der Waals surface area (Å²) in [5.74, 6) is -5.65. The fourth-order valence-corrected chi connectivity index (χ4v) is 7.74. The molecule has 4 N–H and O–H groups in total. The van der Waals surface area contributed by atoms with E-state index in [2.05, 4.69) is 4.90 Å². The van der Waals surface area contributed by atoms with Crippen LogP contribution in [-0.4, -0.2) is 110 Å². The lowest BCUT2D eigenvalue weighted by molar-refractivity contribution is -0.148. The molecule has 232 valence electrons. The molecular weight excluding hydrogens is 566 g/mol. The third-order valence-electron chi connectivity index (χ3n) is 9.92. The smallest absolute Gasteiger partial charge is 0.219 e. The number of allylic oxidation sites excluding steroid dienone is 1. The van der Waals surface area contributed by atoms with Gasteiger partial charge < -0.3 is 25.3 Å². The minimum absolute atomic E-state index is 0.0159. The summed E-state index contributed by atoms with van der Waals surface area (Å²) >= 11 is 0. The van der Waals surface area contributed by atoms with Crippen molar-refractivity contribution in [3.05, 3.63) is 63.6 Å². The number of benzene rings is 2. The quantitative estimate of drug-likeness (QED) is 0.381. The molecule has 0 unspecified atom stereocenters. The number of aliphatic hydroxyl groups excluding tert-OH is 2. The molecule has 0 saturated carbocycles. The Labute approximate surface area is 254 Å². The Kier molecular flexibility index (Phi) is 7.18. The second-order valence-electron chi connectivity index (χ2n) is 12.8. The molecule has 2 aromatic carbocycles. The van der Waals surface area contributed by atoms with E-state index in [4.69, 9.17) is 0 Å². The van der Waals surface area contributed by atoms with E-state index in [0.29, 0.717) is 30.6 Å². The van der Waals surface area contributed by atoms with Crippen LogP contribution in [0.5, 0.6) is 5.75 Å². The number of carbonyl (C=O) groups excluding carboxylic acids is 4. The zero-order chi connectivity index (χ0) is 31.8. The van der Waals surface area contributed by atoms with E-state index in [-0.39, 0.29) is 35.6 Å². The molecule has 1 heterocycles. The van der Waals surface area contributed by atoms with Gasteiger partial charge >= 0.3 is 0 Å². The van der Waals surface area contributed by atoms with Crippen LogP contribution >= 0.6 is 0 Å². The van der Waals surface area contributed by atoms with Crippen molar-refractivity contribution >= 4 is 34.0 Å². The first kappa shape index (κ1) is 30.0. The number of phenols is 1. The Morgan fingerprint density at radius 1 is 1.02 bits per heavy atom. The molecule has 1 amide bonds. The Morgan fingerprint density at radius 3 is 2.32 bits per heavy atom. The zero-order valence-electron chi connectivity index (χ0n) is 25.3. The average molecular weight is 604 g/mol. The molecule has 0 radical (unpaired) electrons. The van der Waals surface area contributed by atoms with Gasteiger partial charge in [0.1, 0.15) is 22.8 Å². The highest BCUT2D eigenvalue weighted by molar-refractivity contribution is 6.25. The molecule has 0 spiro atoms. The highest BCUT2D eigenvalue weighted by atomic mass is 16.3. The van der Waals surface area contributed by atoms with Gasteiger partial charge in [-0.1, -0.05) is 18.2 Å². The molecule has 3 aliphatic carbocycles. The first-order valence-electron chi connectivity index (χ1n) is 14.9. The number of carbonyl (C=O) groups is 4. The number of hydrogen-bond acceptors (Lipinski definition) is 10. The third-order valence-corrected chi connectivity index (χ3v) is 9.92. The number of fused-ring (bicyclic) bond motifs is 4. The van der Waals surface area contributed by atoms with Crippen molar-refractivity contribution in [1.29, 1.82) is 0 Å². The number of nitrogens with zero attached hydrogens (tertiary/aromatic N) is 3. The molecule has 1 aliphatic heterocycles. The molecule has 0 aromatic heterocycles. The molecule has 44 heavy (non-hydrogen) atoms. The maximum atomic E-state index is 14.1. The van der Waals surface area contributed by atoms with Crippen LogP contribution in [0, 0.1) is 11.8 Å². The first-order chi connectivity index (χ1) is 20.7. The minimum atomic E-state index is -2.59. The number of phenolic OH excluding ortho intramolecular Hbond substituents is 1. The largest absolute Gasteiger partial charge is 0.510 e. The molecule has 4 atom stereocenters. The van der Waals surface area contributed by atoms with Crippen LogP contribution in [0.25, 0.3) is 10.8 Å². The summed E-state index contributed by atoms with van der Waals surface area (Å²) in [7, 11) is 3.27. The van der Waals surface area contributed by atoms with Gasteiger partial charge in [0, 0.05) is 56.5 Å². The van der Waals surface area contributed by atoms with Crippen molar-refractivity contribution in [3.63, 3.8) is 0 Å². The van der Waals surface area contributed by atoms with Gasteiger partial charge in [-0.15, -0.1) is 0 Å². The fraction of sp³-hybridized carbons (Fsp3) is 0.455. The van der Waals surface area contributed by atoms with Crippen molar-refractivity contribution in [2.24, 2.45) is 11.8 Å². The maximum absolute atomic E-state index is 14.1. The number of rotatable bonds is 4. The summed E-state index contributed by atoms with van der Waals surface area (Å²) in [4.78, 5) is 57.3. The molecule has 11 nitrogen and oxygen atoms in total. The number of Topliss-reactive ketones (excluding diaryl/α,β-unsaturated/α-hetero) is 3. The highest BCUT2D eigenvalue weighted by Crippen LogP contribution is 2.52. The van der Waals surface area contributed by atoms with E-state index in [0.717, 1.165) is 31.0 Å². The Hall–Kier alpha value is -4.06. The van der Waals surface area contributed by atoms with E-state index in [9.17, 15) is 39.6 Å². The lowest BCUT2D eigenvalue weighted by atomic mass is 9.58. The van der Waals surface area contributed by atoms with Gasteiger partial charge in [0.05, 0.1) is 11.6 Å². The van der Waals surface area contributed by atoms with Gasteiger partial charge in [0.2, 0.25) is 11.7 Å². The number of aliphatic hydroxyl groups is 3. The Balaban J connectivity index is 1.39. The molecule has 4 aliphatic rings. The highest BCUT2D eigenvalue weighted by Gasteiger charge is 2.63. The summed E-state index contributed by atoms with van der Waals surface area (Å²) < 4.78 is 0. The van der Waals surface area contributed by atoms with Crippen molar-refractivity contribution in [2.75, 3.05) is 40.3 Å². The van der Waals surface area contributed by atoms with Gasteiger partial charge in [0.15, 0.2) is 17.2 Å². The van der Waals surface area contributed by atoms with Crippen molar-refractivity contribution in [2.45, 2.75) is 44.9 Å². The van der Waals surface area contributed by atoms with Crippen molar-refractivity contribution in [1.82, 2.24) is 14.7 Å². The number of ketones is 3. The van der Waals surface area contributed by atoms with E-state index < -0.39 is 57.9 Å². The number of amides is 1. The number of piperazine rings is 1. The van der Waals surface area contributed by atoms with Gasteiger partial charge in [-0.3, -0.25) is 29.0 Å². The van der Waals surface area contributed by atoms with Crippen LogP contribution in [0.1, 0.15) is 41.8 Å². The van der Waals surface area contributed by atoms with E-state index in [1.54, 1.807) is 25.9 Å². The fourth-order valence-electron chi connectivity index (χ4n) is 7.74. The van der Waals surface area contributed by atoms with E-state index in [1.165, 1.54) is 0 Å². The lowest BCUT2D eigenvalue weighted by Crippen LogP contribution is -2.63. The second kappa shape index (κ2) is 10.5. The molecule has 1 saturated heterocycles. The number of aromatic hydroxyl groups is 1. The van der Waals surface area contributed by atoms with Crippen LogP contribution in [0.3, 0.4) is 0 Å². The Bertz CT molecular complexity index is 1700. The van der Waals surface area contributed by atoms with Crippen LogP contribution in [0.15, 0.2) is 46.9 Å². The molecular formula is C33H37N3O8. The molecule has 2 aromatic rings. The van der Waals surface area contributed by atoms with Crippen LogP contribution in [0.4, 0.5) is 0 Å². The van der Waals surface area contributed by atoms with Crippen molar-refractivity contribution in [3.8, 4) is 5.75 Å². The number of hydrogen-bond donors (Lipinski definition) is 4. The topological polar surface area (TPSA) is 159 Å². The molecule has 11 heteroatoms. The number of likely N-dealkylation sites (N-methyl/N-ethyl adjacent to an activating group) is 1. The summed E-state index contributed by atoms with van der Waals surface area (Å²) in [6.07, 6.45) is 0.344. The van der Waals surface area contributed by atoms with Gasteiger partial charge in [-0.2, -0.15) is 0 Å². The third kappa shape index (κ3) is 4.36. The normalized spacial score (nSPS) is 27.5.